The summed E-state index contributed by atoms with van der Waals surface area (Å²) in [6, 6.07) is 0. The van der Waals surface area contributed by atoms with Crippen LogP contribution in [0.4, 0.5) is 0 Å². The molecule has 0 unspecified atom stereocenters. The van der Waals surface area contributed by atoms with Gasteiger partial charge in [0.25, 0.3) is 0 Å². The van der Waals surface area contributed by atoms with Crippen LogP contribution in [0.5, 0.6) is 0 Å². The Morgan fingerprint density at radius 3 is 0.500 bits per heavy atom. The molecule has 4 aliphatic rings. The first-order valence-electron chi connectivity index (χ1n) is 20.5. The van der Waals surface area contributed by atoms with E-state index in [9.17, 15) is 0 Å². The van der Waals surface area contributed by atoms with Gasteiger partial charge in [0.05, 0.1) is 0 Å². The highest BCUT2D eigenvalue weighted by Crippen LogP contribution is 2.94. The van der Waals surface area contributed by atoms with Crippen LogP contribution in [0, 0.1) is 23.7 Å². The number of rotatable bonds is 28. The van der Waals surface area contributed by atoms with Gasteiger partial charge in [0.15, 0.2) is 0 Å². The van der Waals surface area contributed by atoms with E-state index >= 15 is 0 Å². The fourth-order valence-corrected chi connectivity index (χ4v) is 30.5. The average Bonchev–Trinajstić information content (AvgIpc) is 3.04. The molecule has 0 spiro atoms. The molecule has 0 nitrogen and oxygen atoms in total. The second-order valence-corrected chi connectivity index (χ2v) is 27.0. The zero-order chi connectivity index (χ0) is 33.5. The van der Waals surface area contributed by atoms with E-state index in [2.05, 4.69) is 126 Å². The molecule has 0 saturated carbocycles. The Morgan fingerprint density at radius 2 is 0.391 bits per heavy atom. The summed E-state index contributed by atoms with van der Waals surface area (Å²) in [6.45, 7) is 19.5. The van der Waals surface area contributed by atoms with Gasteiger partial charge in [0.2, 0.25) is 0 Å². The maximum absolute atomic E-state index is 2.59. The Labute approximate surface area is 315 Å². The Hall–Kier alpha value is 2.10. The third-order valence-electron chi connectivity index (χ3n) is 11.0. The van der Waals surface area contributed by atoms with Crippen molar-refractivity contribution < 1.29 is 0 Å². The topological polar surface area (TPSA) is 0 Å². The van der Waals surface area contributed by atoms with Crippen molar-refractivity contribution in [3.63, 3.8) is 0 Å². The molecule has 4 fully saturated rings. The molecule has 0 atom stereocenters. The van der Waals surface area contributed by atoms with E-state index in [-0.39, 0.29) is 0 Å². The van der Waals surface area contributed by atoms with Gasteiger partial charge in [-0.05, 0) is 75.0 Å². The maximum Gasteiger partial charge on any atom is 0.116 e. The molecule has 4 heterocycles. The minimum absolute atomic E-state index is 0.316. The molecule has 46 heavy (non-hydrogen) atoms. The second-order valence-electron chi connectivity index (χ2n) is 15.0. The first-order valence-corrected chi connectivity index (χ1v) is 25.4. The number of unbranched alkanes of at least 4 members (excludes halogenated alkanes) is 8. The van der Waals surface area contributed by atoms with E-state index in [1.807, 2.05) is 0 Å². The highest BCUT2D eigenvalue weighted by Gasteiger charge is 2.76. The van der Waals surface area contributed by atoms with Gasteiger partial charge in [-0.25, -0.2) is 0 Å². The fourth-order valence-electron chi connectivity index (χ4n) is 8.04. The van der Waals surface area contributed by atoms with Gasteiger partial charge >= 0.3 is 0 Å². The molecule has 0 amide bonds. The minimum Gasteiger partial charge on any atom is -0.104 e. The number of hydrogen-bond acceptors (Lipinski definition) is 6. The van der Waals surface area contributed by atoms with Crippen molar-refractivity contribution in [3.05, 3.63) is 0 Å². The average molecular weight is 749 g/mol. The van der Waals surface area contributed by atoms with Crippen LogP contribution in [0.2, 0.25) is 0 Å². The molecule has 4 rings (SSSR count). The maximum atomic E-state index is 2.59. The minimum atomic E-state index is 0.316. The molecule has 0 radical (unpaired) electrons. The van der Waals surface area contributed by atoms with Crippen LogP contribution in [0.1, 0.15) is 209 Å². The van der Waals surface area contributed by atoms with Crippen molar-refractivity contribution in [1.82, 2.24) is 0 Å². The SMILES string of the molecule is CCCCC(CCCC)C12SC3(C(CCCC)CCCC)SC(C(CCCC)CCCC)(S1)SC(C(CCCC)CCCC)(S2)S3. The number of hydrogen-bond donors (Lipinski definition) is 0. The summed E-state index contributed by atoms with van der Waals surface area (Å²) in [4.78, 5) is 0. The lowest BCUT2D eigenvalue weighted by molar-refractivity contribution is 0.391. The van der Waals surface area contributed by atoms with Crippen molar-refractivity contribution in [2.24, 2.45) is 23.7 Å². The largest absolute Gasteiger partial charge is 0.116 e. The van der Waals surface area contributed by atoms with Gasteiger partial charge in [-0.2, -0.15) is 0 Å². The van der Waals surface area contributed by atoms with Gasteiger partial charge in [-0.15, -0.1) is 70.6 Å². The highest BCUT2D eigenvalue weighted by atomic mass is 32.4. The molecule has 4 saturated heterocycles. The van der Waals surface area contributed by atoms with E-state index in [0.717, 1.165) is 23.7 Å². The molecule has 272 valence electrons. The smallest absolute Gasteiger partial charge is 0.104 e. The summed E-state index contributed by atoms with van der Waals surface area (Å²) < 4.78 is 1.26. The lowest BCUT2D eigenvalue weighted by atomic mass is 9.96. The van der Waals surface area contributed by atoms with Crippen LogP contribution < -0.4 is 0 Å². The third kappa shape index (κ3) is 10.6. The van der Waals surface area contributed by atoms with Crippen LogP contribution >= 0.6 is 70.6 Å². The standard InChI is InChI=1S/C40H76S6/c1-9-17-25-33(26-18-10-2)37-41-38(34(27-19-11-3)28-20-12-4)44-39(42-37,35(29-21-13-5)30-22-14-6)46-40(43-37,45-38)36(31-23-15-7)32-24-16-8/h33-36H,9-32H2,1-8H3. The summed E-state index contributed by atoms with van der Waals surface area (Å²) in [5, 5.41) is 0. The zero-order valence-electron chi connectivity index (χ0n) is 31.7. The molecule has 0 aliphatic carbocycles. The van der Waals surface area contributed by atoms with E-state index in [4.69, 9.17) is 0 Å². The van der Waals surface area contributed by atoms with E-state index in [0.29, 0.717) is 13.6 Å². The molecule has 0 aromatic rings. The highest BCUT2D eigenvalue weighted by molar-refractivity contribution is 8.64. The lowest BCUT2D eigenvalue weighted by Crippen LogP contribution is -2.61. The molecule has 0 N–H and O–H groups in total. The van der Waals surface area contributed by atoms with Crippen LogP contribution in [0.25, 0.3) is 0 Å². The van der Waals surface area contributed by atoms with Crippen molar-refractivity contribution in [2.75, 3.05) is 0 Å². The Bertz CT molecular complexity index is 618. The molecular formula is C40H76S6. The Balaban J connectivity index is 2.30. The summed E-state index contributed by atoms with van der Waals surface area (Å²) in [5.41, 5.74) is 0. The van der Waals surface area contributed by atoms with E-state index in [1.165, 1.54) is 154 Å². The van der Waals surface area contributed by atoms with Gasteiger partial charge in [-0.3, -0.25) is 0 Å². The van der Waals surface area contributed by atoms with Gasteiger partial charge in [-0.1, -0.05) is 158 Å². The Morgan fingerprint density at radius 1 is 0.261 bits per heavy atom. The normalized spacial score (nSPS) is 29.0. The fraction of sp³-hybridized carbons (Fsp3) is 1.00. The first kappa shape index (κ1) is 42.5. The van der Waals surface area contributed by atoms with Crippen LogP contribution in [-0.4, -0.2) is 13.6 Å². The molecule has 4 aliphatic heterocycles. The quantitative estimate of drug-likeness (QED) is 0.0776. The molecule has 4 bridgehead atoms. The summed E-state index contributed by atoms with van der Waals surface area (Å²) in [6.07, 6.45) is 33.7. The summed E-state index contributed by atoms with van der Waals surface area (Å²) in [5.74, 6) is 3.34. The van der Waals surface area contributed by atoms with Crippen molar-refractivity contribution >= 4 is 70.6 Å². The van der Waals surface area contributed by atoms with Gasteiger partial charge < -0.3 is 0 Å². The van der Waals surface area contributed by atoms with Gasteiger partial charge in [0, 0.05) is 0 Å². The zero-order valence-corrected chi connectivity index (χ0v) is 36.6. The predicted molar refractivity (Wildman–Crippen MR) is 227 cm³/mol. The molecule has 6 heteroatoms. The van der Waals surface area contributed by atoms with E-state index in [1.54, 1.807) is 0 Å². The van der Waals surface area contributed by atoms with Crippen molar-refractivity contribution in [2.45, 2.75) is 223 Å². The molecular weight excluding hydrogens is 673 g/mol. The monoisotopic (exact) mass is 748 g/mol. The van der Waals surface area contributed by atoms with Crippen molar-refractivity contribution in [3.8, 4) is 0 Å². The predicted octanol–water partition coefficient (Wildman–Crippen LogP) is 17.0. The van der Waals surface area contributed by atoms with Gasteiger partial charge in [0.1, 0.15) is 13.6 Å². The van der Waals surface area contributed by atoms with Crippen LogP contribution in [0.3, 0.4) is 0 Å². The molecule has 0 aromatic carbocycles. The van der Waals surface area contributed by atoms with E-state index < -0.39 is 0 Å². The summed E-state index contributed by atoms with van der Waals surface area (Å²) in [7, 11) is 0. The van der Waals surface area contributed by atoms with Crippen LogP contribution in [-0.2, 0) is 0 Å². The first-order chi connectivity index (χ1) is 22.3. The lowest BCUT2D eigenvalue weighted by Gasteiger charge is -2.72. The Kier molecular flexibility index (Phi) is 19.9. The number of thioether (sulfide) groups is 6. The third-order valence-corrected chi connectivity index (χ3v) is 24.4. The van der Waals surface area contributed by atoms with Crippen molar-refractivity contribution in [1.29, 1.82) is 0 Å². The second kappa shape index (κ2) is 21.6. The summed E-state index contributed by atoms with van der Waals surface area (Å²) >= 11 is 15.5. The van der Waals surface area contributed by atoms with Crippen LogP contribution in [0.15, 0.2) is 0 Å². The molecule has 0 aromatic heterocycles.